The largest absolute Gasteiger partial charge is 0.506 e. The molecule has 0 aromatic heterocycles. The number of aliphatic imine (C=N–C) groups is 2. The van der Waals surface area contributed by atoms with Gasteiger partial charge in [-0.05, 0) is 84.6 Å². The number of aromatic hydroxyl groups is 1. The van der Waals surface area contributed by atoms with Crippen molar-refractivity contribution in [2.24, 2.45) is 9.98 Å². The average molecular weight is 557 g/mol. The summed E-state index contributed by atoms with van der Waals surface area (Å²) in [5.74, 6) is 1.84. The molecule has 0 unspecified atom stereocenters. The third kappa shape index (κ3) is 13.1. The third-order valence-electron chi connectivity index (χ3n) is 6.97. The van der Waals surface area contributed by atoms with E-state index >= 15 is 0 Å². The molecule has 3 aromatic rings. The maximum atomic E-state index is 10.5. The molecule has 0 amide bonds. The minimum absolute atomic E-state index is 0.0910. The first kappa shape index (κ1) is 31.9. The van der Waals surface area contributed by atoms with Crippen LogP contribution in [-0.2, 0) is 0 Å². The van der Waals surface area contributed by atoms with E-state index in [9.17, 15) is 5.11 Å². The van der Waals surface area contributed by atoms with Crippen LogP contribution in [0.25, 0.3) is 0 Å². The number of nitrogens with zero attached hydrogens (tertiary/aromatic N) is 2. The van der Waals surface area contributed by atoms with E-state index in [1.807, 2.05) is 54.6 Å². The van der Waals surface area contributed by atoms with Crippen molar-refractivity contribution in [1.82, 2.24) is 0 Å². The summed E-state index contributed by atoms with van der Waals surface area (Å²) in [7, 11) is 0. The van der Waals surface area contributed by atoms with Gasteiger partial charge in [0.05, 0.1) is 18.9 Å². The molecule has 0 saturated heterocycles. The Bertz CT molecular complexity index is 1170. The van der Waals surface area contributed by atoms with Gasteiger partial charge in [-0.15, -0.1) is 0 Å². The quantitative estimate of drug-likeness (QED) is 0.111. The van der Waals surface area contributed by atoms with Crippen LogP contribution in [0, 0.1) is 0 Å². The van der Waals surface area contributed by atoms with Crippen molar-refractivity contribution in [2.45, 2.75) is 90.9 Å². The molecule has 3 rings (SSSR count). The molecule has 3 aromatic carbocycles. The number of unbranched alkanes of at least 4 members (excludes halogenated alkanes) is 10. The van der Waals surface area contributed by atoms with Crippen molar-refractivity contribution < 1.29 is 14.6 Å². The summed E-state index contributed by atoms with van der Waals surface area (Å²) in [4.78, 5) is 8.96. The van der Waals surface area contributed by atoms with Gasteiger partial charge in [0.25, 0.3) is 0 Å². The van der Waals surface area contributed by atoms with E-state index in [4.69, 9.17) is 9.47 Å². The Hall–Kier alpha value is -3.60. The molecule has 0 bridgehead atoms. The van der Waals surface area contributed by atoms with Gasteiger partial charge >= 0.3 is 0 Å². The van der Waals surface area contributed by atoms with Crippen LogP contribution in [0.3, 0.4) is 0 Å². The van der Waals surface area contributed by atoms with E-state index in [0.29, 0.717) is 11.4 Å². The fraction of sp³-hybridized carbons (Fsp3) is 0.444. The molecule has 0 aliphatic carbocycles. The standard InChI is InChI=1S/C36H48N2O3/c1-3-5-7-9-11-13-25-40-33-20-15-30(16-21-33)28-37-32-19-24-35(36(39)27-32)38-29-31-17-22-34(23-18-31)41-26-14-12-10-8-6-4-2/h15-24,27-29,39H,3-14,25-26H2,1-2H3/b37-28+,38-29+. The zero-order chi connectivity index (χ0) is 29.0. The molecular weight excluding hydrogens is 508 g/mol. The molecule has 0 aliphatic rings. The smallest absolute Gasteiger partial charge is 0.143 e. The Balaban J connectivity index is 1.41. The first-order chi connectivity index (χ1) is 20.2. The van der Waals surface area contributed by atoms with E-state index < -0.39 is 0 Å². The minimum Gasteiger partial charge on any atom is -0.506 e. The predicted octanol–water partition coefficient (Wildman–Crippen LogP) is 10.4. The summed E-state index contributed by atoms with van der Waals surface area (Å²) < 4.78 is 11.7. The molecule has 5 heteroatoms. The molecule has 0 aliphatic heterocycles. The van der Waals surface area contributed by atoms with Gasteiger partial charge in [-0.1, -0.05) is 78.1 Å². The van der Waals surface area contributed by atoms with Crippen molar-refractivity contribution in [3.63, 3.8) is 0 Å². The lowest BCUT2D eigenvalue weighted by atomic mass is 10.1. The van der Waals surface area contributed by atoms with Gasteiger partial charge < -0.3 is 14.6 Å². The number of hydrogen-bond donors (Lipinski definition) is 1. The predicted molar refractivity (Wildman–Crippen MR) is 173 cm³/mol. The van der Waals surface area contributed by atoms with E-state index in [1.54, 1.807) is 24.6 Å². The topological polar surface area (TPSA) is 63.4 Å². The number of benzene rings is 3. The first-order valence-electron chi connectivity index (χ1n) is 15.5. The lowest BCUT2D eigenvalue weighted by Gasteiger charge is -2.06. The number of ether oxygens (including phenoxy) is 2. The van der Waals surface area contributed by atoms with Crippen LogP contribution < -0.4 is 9.47 Å². The van der Waals surface area contributed by atoms with Crippen LogP contribution in [0.4, 0.5) is 11.4 Å². The fourth-order valence-electron chi connectivity index (χ4n) is 4.44. The molecule has 0 spiro atoms. The molecule has 5 nitrogen and oxygen atoms in total. The van der Waals surface area contributed by atoms with E-state index in [2.05, 4.69) is 23.8 Å². The highest BCUT2D eigenvalue weighted by Crippen LogP contribution is 2.30. The summed E-state index contributed by atoms with van der Waals surface area (Å²) in [6.45, 7) is 5.98. The second-order valence-electron chi connectivity index (χ2n) is 10.6. The molecule has 0 fully saturated rings. The van der Waals surface area contributed by atoms with Gasteiger partial charge in [-0.25, -0.2) is 0 Å². The molecule has 0 atom stereocenters. The molecular formula is C36H48N2O3. The number of phenolic OH excluding ortho intramolecular Hbond substituents is 1. The average Bonchev–Trinajstić information content (AvgIpc) is 3.00. The van der Waals surface area contributed by atoms with Gasteiger partial charge in [0.1, 0.15) is 22.9 Å². The van der Waals surface area contributed by atoms with Crippen LogP contribution in [-0.4, -0.2) is 30.7 Å². The molecule has 0 radical (unpaired) electrons. The zero-order valence-corrected chi connectivity index (χ0v) is 25.1. The Morgan fingerprint density at radius 2 is 1.02 bits per heavy atom. The maximum Gasteiger partial charge on any atom is 0.143 e. The van der Waals surface area contributed by atoms with E-state index in [-0.39, 0.29) is 5.75 Å². The Kier molecular flexibility index (Phi) is 15.2. The minimum atomic E-state index is 0.0910. The summed E-state index contributed by atoms with van der Waals surface area (Å²) >= 11 is 0. The van der Waals surface area contributed by atoms with Crippen LogP contribution in [0.15, 0.2) is 76.7 Å². The molecule has 0 saturated carbocycles. The maximum absolute atomic E-state index is 10.5. The Morgan fingerprint density at radius 3 is 1.51 bits per heavy atom. The summed E-state index contributed by atoms with van der Waals surface area (Å²) in [6.07, 6.45) is 18.6. The lowest BCUT2D eigenvalue weighted by Crippen LogP contribution is -1.97. The Morgan fingerprint density at radius 1 is 0.561 bits per heavy atom. The van der Waals surface area contributed by atoms with Crippen molar-refractivity contribution >= 4 is 23.8 Å². The second kappa shape index (κ2) is 19.5. The van der Waals surface area contributed by atoms with Gasteiger partial charge in [-0.3, -0.25) is 9.98 Å². The van der Waals surface area contributed by atoms with Crippen molar-refractivity contribution in [3.05, 3.63) is 77.9 Å². The summed E-state index contributed by atoms with van der Waals surface area (Å²) in [5, 5.41) is 10.5. The number of phenols is 1. The summed E-state index contributed by atoms with van der Waals surface area (Å²) in [5.41, 5.74) is 3.08. The lowest BCUT2D eigenvalue weighted by molar-refractivity contribution is 0.304. The van der Waals surface area contributed by atoms with Crippen LogP contribution in [0.2, 0.25) is 0 Å². The Labute approximate surface area is 247 Å². The fourth-order valence-corrected chi connectivity index (χ4v) is 4.44. The molecule has 220 valence electrons. The second-order valence-corrected chi connectivity index (χ2v) is 10.6. The first-order valence-corrected chi connectivity index (χ1v) is 15.5. The number of hydrogen-bond acceptors (Lipinski definition) is 5. The van der Waals surface area contributed by atoms with Gasteiger partial charge in [0.2, 0.25) is 0 Å². The SMILES string of the molecule is CCCCCCCCOc1ccc(/C=N/c2ccc(/N=C/c3ccc(OCCCCCCCC)cc3)c(O)c2)cc1. The normalized spacial score (nSPS) is 11.5. The van der Waals surface area contributed by atoms with Crippen LogP contribution >= 0.6 is 0 Å². The highest BCUT2D eigenvalue weighted by atomic mass is 16.5. The molecule has 1 N–H and O–H groups in total. The monoisotopic (exact) mass is 556 g/mol. The molecule has 0 heterocycles. The van der Waals surface area contributed by atoms with E-state index in [0.717, 1.165) is 48.7 Å². The zero-order valence-electron chi connectivity index (χ0n) is 25.1. The molecule has 41 heavy (non-hydrogen) atoms. The highest BCUT2D eigenvalue weighted by Gasteiger charge is 2.02. The van der Waals surface area contributed by atoms with Gasteiger partial charge in [0.15, 0.2) is 0 Å². The van der Waals surface area contributed by atoms with Crippen molar-refractivity contribution in [3.8, 4) is 17.2 Å². The summed E-state index contributed by atoms with van der Waals surface area (Å²) in [6, 6.07) is 21.0. The van der Waals surface area contributed by atoms with Crippen LogP contribution in [0.5, 0.6) is 17.2 Å². The van der Waals surface area contributed by atoms with Crippen molar-refractivity contribution in [1.29, 1.82) is 0 Å². The number of rotatable bonds is 20. The highest BCUT2D eigenvalue weighted by molar-refractivity contribution is 5.84. The van der Waals surface area contributed by atoms with Crippen LogP contribution in [0.1, 0.15) is 102 Å². The van der Waals surface area contributed by atoms with Gasteiger partial charge in [0, 0.05) is 18.5 Å². The van der Waals surface area contributed by atoms with Crippen molar-refractivity contribution in [2.75, 3.05) is 13.2 Å². The van der Waals surface area contributed by atoms with Gasteiger partial charge in [-0.2, -0.15) is 0 Å². The van der Waals surface area contributed by atoms with E-state index in [1.165, 1.54) is 64.2 Å². The third-order valence-corrected chi connectivity index (χ3v) is 6.97.